The van der Waals surface area contributed by atoms with Gasteiger partial charge in [0.2, 0.25) is 5.91 Å². The fraction of sp³-hybridized carbons (Fsp3) is 0.312. The number of benzene rings is 1. The first-order valence-electron chi connectivity index (χ1n) is 6.78. The summed E-state index contributed by atoms with van der Waals surface area (Å²) in [5.41, 5.74) is 1.29. The summed E-state index contributed by atoms with van der Waals surface area (Å²) in [7, 11) is 0. The molecule has 0 bridgehead atoms. The Morgan fingerprint density at radius 3 is 2.70 bits per heavy atom. The van der Waals surface area contributed by atoms with E-state index in [4.69, 9.17) is 4.74 Å². The molecule has 0 spiro atoms. The molecule has 0 unspecified atom stereocenters. The first-order valence-corrected chi connectivity index (χ1v) is 7.66. The van der Waals surface area contributed by atoms with Gasteiger partial charge in [0.25, 0.3) is 0 Å². The van der Waals surface area contributed by atoms with E-state index in [1.54, 1.807) is 11.3 Å². The summed E-state index contributed by atoms with van der Waals surface area (Å²) in [6.45, 7) is 3.14. The van der Waals surface area contributed by atoms with E-state index in [9.17, 15) is 4.79 Å². The molecule has 1 aromatic heterocycles. The van der Waals surface area contributed by atoms with Gasteiger partial charge in [-0.1, -0.05) is 25.1 Å². The van der Waals surface area contributed by atoms with Gasteiger partial charge < -0.3 is 10.1 Å². The highest BCUT2D eigenvalue weighted by Gasteiger charge is 2.03. The molecule has 0 radical (unpaired) electrons. The van der Waals surface area contributed by atoms with Gasteiger partial charge in [0.15, 0.2) is 0 Å². The number of hydrogen-bond donors (Lipinski definition) is 1. The van der Waals surface area contributed by atoms with Crippen molar-refractivity contribution in [3.8, 4) is 5.75 Å². The molecule has 20 heavy (non-hydrogen) atoms. The predicted octanol–water partition coefficient (Wildman–Crippen LogP) is 3.05. The van der Waals surface area contributed by atoms with E-state index < -0.39 is 0 Å². The lowest BCUT2D eigenvalue weighted by molar-refractivity contribution is -0.120. The number of nitrogens with one attached hydrogen (secondary N) is 1. The molecule has 1 amide bonds. The van der Waals surface area contributed by atoms with Crippen LogP contribution in [0.5, 0.6) is 5.75 Å². The van der Waals surface area contributed by atoms with Crippen molar-refractivity contribution in [3.05, 3.63) is 52.2 Å². The van der Waals surface area contributed by atoms with Gasteiger partial charge in [-0.25, -0.2) is 0 Å². The van der Waals surface area contributed by atoms with Crippen LogP contribution in [0.4, 0.5) is 0 Å². The van der Waals surface area contributed by atoms with Crippen LogP contribution in [-0.2, 0) is 17.6 Å². The lowest BCUT2D eigenvalue weighted by atomic mass is 10.2. The predicted molar refractivity (Wildman–Crippen MR) is 82.3 cm³/mol. The first-order chi connectivity index (χ1) is 9.78. The molecule has 1 heterocycles. The largest absolute Gasteiger partial charge is 0.492 e. The molecule has 1 N–H and O–H groups in total. The zero-order valence-corrected chi connectivity index (χ0v) is 12.4. The minimum absolute atomic E-state index is 0.0392. The van der Waals surface area contributed by atoms with Crippen LogP contribution in [0.3, 0.4) is 0 Å². The molecule has 4 heteroatoms. The quantitative estimate of drug-likeness (QED) is 0.796. The summed E-state index contributed by atoms with van der Waals surface area (Å²) in [4.78, 5) is 12.7. The van der Waals surface area contributed by atoms with Gasteiger partial charge in [0, 0.05) is 4.88 Å². The number of thiophene rings is 1. The normalized spacial score (nSPS) is 10.2. The Kier molecular flexibility index (Phi) is 5.62. The van der Waals surface area contributed by atoms with E-state index in [0.29, 0.717) is 19.6 Å². The van der Waals surface area contributed by atoms with Crippen molar-refractivity contribution < 1.29 is 9.53 Å². The average molecular weight is 289 g/mol. The molecule has 0 saturated carbocycles. The highest BCUT2D eigenvalue weighted by atomic mass is 32.1. The van der Waals surface area contributed by atoms with E-state index in [2.05, 4.69) is 24.4 Å². The Balaban J connectivity index is 1.64. The van der Waals surface area contributed by atoms with E-state index in [-0.39, 0.29) is 5.91 Å². The maximum Gasteiger partial charge on any atom is 0.225 e. The monoisotopic (exact) mass is 289 g/mol. The Morgan fingerprint density at radius 1 is 1.25 bits per heavy atom. The third kappa shape index (κ3) is 4.70. The molecule has 3 nitrogen and oxygen atoms in total. The molecule has 2 aromatic rings. The van der Waals surface area contributed by atoms with Gasteiger partial charge in [0.05, 0.1) is 13.0 Å². The van der Waals surface area contributed by atoms with Crippen LogP contribution in [0.2, 0.25) is 0 Å². The number of aryl methyl sites for hydroxylation is 1. The third-order valence-electron chi connectivity index (χ3n) is 2.94. The molecule has 0 fully saturated rings. The maximum atomic E-state index is 11.6. The van der Waals surface area contributed by atoms with E-state index in [1.165, 1.54) is 5.56 Å². The smallest absolute Gasteiger partial charge is 0.225 e. The molecule has 2 rings (SSSR count). The van der Waals surface area contributed by atoms with Crippen molar-refractivity contribution in [1.29, 1.82) is 0 Å². The molecular weight excluding hydrogens is 270 g/mol. The van der Waals surface area contributed by atoms with Crippen LogP contribution in [-0.4, -0.2) is 19.1 Å². The van der Waals surface area contributed by atoms with Gasteiger partial charge in [-0.05, 0) is 35.6 Å². The van der Waals surface area contributed by atoms with Crippen molar-refractivity contribution in [1.82, 2.24) is 5.32 Å². The number of carbonyl (C=O) groups excluding carboxylic acids is 1. The molecule has 106 valence electrons. The van der Waals surface area contributed by atoms with Crippen LogP contribution in [0.25, 0.3) is 0 Å². The van der Waals surface area contributed by atoms with Crippen molar-refractivity contribution in [2.24, 2.45) is 0 Å². The zero-order chi connectivity index (χ0) is 14.2. The van der Waals surface area contributed by atoms with Crippen molar-refractivity contribution >= 4 is 17.2 Å². The number of hydrogen-bond acceptors (Lipinski definition) is 3. The molecular formula is C16H19NO2S. The van der Waals surface area contributed by atoms with Gasteiger partial charge >= 0.3 is 0 Å². The Labute approximate surface area is 123 Å². The molecule has 1 aromatic carbocycles. The van der Waals surface area contributed by atoms with Gasteiger partial charge in [0.1, 0.15) is 12.4 Å². The molecule has 0 atom stereocenters. The third-order valence-corrected chi connectivity index (χ3v) is 3.82. The summed E-state index contributed by atoms with van der Waals surface area (Å²) in [5.74, 6) is 0.882. The van der Waals surface area contributed by atoms with Crippen LogP contribution in [0.1, 0.15) is 17.4 Å². The SMILES string of the molecule is CCc1ccc(OCCNC(=O)Cc2cccs2)cc1. The summed E-state index contributed by atoms with van der Waals surface area (Å²) in [5, 5.41) is 4.83. The lowest BCUT2D eigenvalue weighted by Gasteiger charge is -2.08. The molecule has 0 aliphatic heterocycles. The fourth-order valence-corrected chi connectivity index (χ4v) is 2.52. The highest BCUT2D eigenvalue weighted by molar-refractivity contribution is 7.10. The molecule has 0 aliphatic carbocycles. The van der Waals surface area contributed by atoms with Gasteiger partial charge in [-0.2, -0.15) is 0 Å². The average Bonchev–Trinajstić information content (AvgIpc) is 2.97. The first kappa shape index (κ1) is 14.6. The van der Waals surface area contributed by atoms with Crippen molar-refractivity contribution in [2.75, 3.05) is 13.2 Å². The van der Waals surface area contributed by atoms with Crippen LogP contribution in [0, 0.1) is 0 Å². The standard InChI is InChI=1S/C16H19NO2S/c1-2-13-5-7-14(8-6-13)19-10-9-17-16(18)12-15-4-3-11-20-15/h3-8,11H,2,9-10,12H2,1H3,(H,17,18). The Bertz CT molecular complexity index is 520. The number of rotatable bonds is 7. The number of ether oxygens (including phenoxy) is 1. The Hall–Kier alpha value is -1.81. The van der Waals surface area contributed by atoms with Crippen LogP contribution in [0.15, 0.2) is 41.8 Å². The number of carbonyl (C=O) groups is 1. The summed E-state index contributed by atoms with van der Waals surface area (Å²) in [6, 6.07) is 12.0. The zero-order valence-electron chi connectivity index (χ0n) is 11.6. The van der Waals surface area contributed by atoms with E-state index in [0.717, 1.165) is 17.0 Å². The Morgan fingerprint density at radius 2 is 2.05 bits per heavy atom. The van der Waals surface area contributed by atoms with Crippen LogP contribution < -0.4 is 10.1 Å². The minimum Gasteiger partial charge on any atom is -0.492 e. The van der Waals surface area contributed by atoms with Gasteiger partial charge in [-0.3, -0.25) is 4.79 Å². The minimum atomic E-state index is 0.0392. The topological polar surface area (TPSA) is 38.3 Å². The molecule has 0 saturated heterocycles. The number of amides is 1. The van der Waals surface area contributed by atoms with Gasteiger partial charge in [-0.15, -0.1) is 11.3 Å². The van der Waals surface area contributed by atoms with E-state index >= 15 is 0 Å². The van der Waals surface area contributed by atoms with E-state index in [1.807, 2.05) is 29.6 Å². The van der Waals surface area contributed by atoms with Crippen molar-refractivity contribution in [3.63, 3.8) is 0 Å². The lowest BCUT2D eigenvalue weighted by Crippen LogP contribution is -2.29. The highest BCUT2D eigenvalue weighted by Crippen LogP contribution is 2.12. The molecule has 0 aliphatic rings. The fourth-order valence-electron chi connectivity index (χ4n) is 1.81. The summed E-state index contributed by atoms with van der Waals surface area (Å²) in [6.07, 6.45) is 1.47. The summed E-state index contributed by atoms with van der Waals surface area (Å²) >= 11 is 1.60. The second kappa shape index (κ2) is 7.70. The van der Waals surface area contributed by atoms with Crippen molar-refractivity contribution in [2.45, 2.75) is 19.8 Å². The maximum absolute atomic E-state index is 11.6. The summed E-state index contributed by atoms with van der Waals surface area (Å²) < 4.78 is 5.58. The second-order valence-corrected chi connectivity index (χ2v) is 5.48. The van der Waals surface area contributed by atoms with Crippen LogP contribution >= 0.6 is 11.3 Å². The second-order valence-electron chi connectivity index (χ2n) is 4.45.